The molecule has 0 spiro atoms. The van der Waals surface area contributed by atoms with E-state index in [1.807, 2.05) is 36.4 Å². The second kappa shape index (κ2) is 10.9. The summed E-state index contributed by atoms with van der Waals surface area (Å²) in [5.74, 6) is 1.28. The summed E-state index contributed by atoms with van der Waals surface area (Å²) in [6.45, 7) is 3.21. The Labute approximate surface area is 200 Å². The smallest absolute Gasteiger partial charge is 0.242 e. The zero-order valence-electron chi connectivity index (χ0n) is 19.0. The fourth-order valence-electron chi connectivity index (χ4n) is 4.44. The van der Waals surface area contributed by atoms with E-state index in [1.54, 1.807) is 17.9 Å². The Morgan fingerprint density at radius 2 is 1.82 bits per heavy atom. The van der Waals surface area contributed by atoms with Crippen LogP contribution in [0.4, 0.5) is 0 Å². The number of aryl methyl sites for hydroxylation is 1. The molecular weight excluding hydrogens is 440 g/mol. The molecule has 1 aliphatic carbocycles. The van der Waals surface area contributed by atoms with Crippen molar-refractivity contribution in [3.63, 3.8) is 0 Å². The lowest BCUT2D eigenvalue weighted by molar-refractivity contribution is -0.140. The summed E-state index contributed by atoms with van der Waals surface area (Å²) in [5.41, 5.74) is 1.90. The standard InChI is InChI=1S/C26H31ClN2O4/c1-18(26(31)28-22-7-2-3-8-22)29(17-20-5-4-6-21(27)15-20)25(30)12-10-19-9-11-23-24(16-19)33-14-13-32-23/h4-6,9,11,15-16,18,22H,2-3,7-8,10,12-14,17H2,1H3,(H,28,31)/t18-/m1/s1. The van der Waals surface area contributed by atoms with Crippen LogP contribution < -0.4 is 14.8 Å². The summed E-state index contributed by atoms with van der Waals surface area (Å²) in [4.78, 5) is 28.0. The summed E-state index contributed by atoms with van der Waals surface area (Å²) in [6, 6.07) is 12.8. The molecule has 2 aromatic carbocycles. The van der Waals surface area contributed by atoms with Crippen molar-refractivity contribution in [3.05, 3.63) is 58.6 Å². The van der Waals surface area contributed by atoms with E-state index in [9.17, 15) is 9.59 Å². The van der Waals surface area contributed by atoms with Gasteiger partial charge in [0.2, 0.25) is 11.8 Å². The van der Waals surface area contributed by atoms with Gasteiger partial charge in [0, 0.05) is 24.0 Å². The van der Waals surface area contributed by atoms with E-state index in [-0.39, 0.29) is 17.9 Å². The molecule has 0 unspecified atom stereocenters. The SMILES string of the molecule is C[C@H](C(=O)NC1CCCC1)N(Cc1cccc(Cl)c1)C(=O)CCc1ccc2c(c1)OCCO2. The number of nitrogens with zero attached hydrogens (tertiary/aromatic N) is 1. The predicted molar refractivity (Wildman–Crippen MR) is 128 cm³/mol. The Bertz CT molecular complexity index is 990. The van der Waals surface area contributed by atoms with E-state index in [2.05, 4.69) is 5.32 Å². The Morgan fingerprint density at radius 1 is 1.06 bits per heavy atom. The second-order valence-corrected chi connectivity index (χ2v) is 9.23. The highest BCUT2D eigenvalue weighted by molar-refractivity contribution is 6.30. The van der Waals surface area contributed by atoms with Crippen molar-refractivity contribution in [3.8, 4) is 11.5 Å². The number of halogens is 1. The third-order valence-electron chi connectivity index (χ3n) is 6.34. The van der Waals surface area contributed by atoms with Crippen molar-refractivity contribution < 1.29 is 19.1 Å². The predicted octanol–water partition coefficient (Wildman–Crippen LogP) is 4.52. The molecule has 33 heavy (non-hydrogen) atoms. The first-order chi connectivity index (χ1) is 16.0. The number of carbonyl (C=O) groups excluding carboxylic acids is 2. The summed E-state index contributed by atoms with van der Waals surface area (Å²) < 4.78 is 11.2. The molecule has 0 aromatic heterocycles. The molecule has 0 bridgehead atoms. The lowest BCUT2D eigenvalue weighted by Gasteiger charge is -2.30. The lowest BCUT2D eigenvalue weighted by Crippen LogP contribution is -2.49. The molecule has 1 N–H and O–H groups in total. The van der Waals surface area contributed by atoms with Crippen LogP contribution in [-0.2, 0) is 22.6 Å². The summed E-state index contributed by atoms with van der Waals surface area (Å²) in [7, 11) is 0. The average molecular weight is 471 g/mol. The minimum absolute atomic E-state index is 0.0704. The molecule has 1 saturated carbocycles. The van der Waals surface area contributed by atoms with Crippen molar-refractivity contribution in [2.75, 3.05) is 13.2 Å². The Kier molecular flexibility index (Phi) is 7.76. The monoisotopic (exact) mass is 470 g/mol. The van der Waals surface area contributed by atoms with Gasteiger partial charge in [0.15, 0.2) is 11.5 Å². The fraction of sp³-hybridized carbons (Fsp3) is 0.462. The minimum Gasteiger partial charge on any atom is -0.486 e. The Morgan fingerprint density at radius 3 is 2.58 bits per heavy atom. The highest BCUT2D eigenvalue weighted by Crippen LogP contribution is 2.31. The maximum Gasteiger partial charge on any atom is 0.242 e. The van der Waals surface area contributed by atoms with Crippen LogP contribution in [0.2, 0.25) is 5.02 Å². The lowest BCUT2D eigenvalue weighted by atomic mass is 10.1. The number of rotatable bonds is 8. The van der Waals surface area contributed by atoms with Crippen molar-refractivity contribution in [2.45, 2.75) is 64.1 Å². The van der Waals surface area contributed by atoms with E-state index in [0.29, 0.717) is 43.4 Å². The molecule has 1 heterocycles. The number of amides is 2. The molecule has 1 atom stereocenters. The van der Waals surface area contributed by atoms with Gasteiger partial charge in [-0.15, -0.1) is 0 Å². The van der Waals surface area contributed by atoms with Gasteiger partial charge in [0.05, 0.1) is 0 Å². The van der Waals surface area contributed by atoms with E-state index in [4.69, 9.17) is 21.1 Å². The van der Waals surface area contributed by atoms with Gasteiger partial charge in [-0.3, -0.25) is 9.59 Å². The molecule has 4 rings (SSSR count). The van der Waals surface area contributed by atoms with Gasteiger partial charge in [-0.25, -0.2) is 0 Å². The number of ether oxygens (including phenoxy) is 2. The van der Waals surface area contributed by atoms with Gasteiger partial charge in [-0.2, -0.15) is 0 Å². The van der Waals surface area contributed by atoms with E-state index >= 15 is 0 Å². The highest BCUT2D eigenvalue weighted by Gasteiger charge is 2.28. The highest BCUT2D eigenvalue weighted by atomic mass is 35.5. The van der Waals surface area contributed by atoms with Crippen LogP contribution in [0.1, 0.15) is 50.2 Å². The molecule has 2 aromatic rings. The van der Waals surface area contributed by atoms with Crippen LogP contribution in [0.15, 0.2) is 42.5 Å². The van der Waals surface area contributed by atoms with Crippen molar-refractivity contribution in [2.24, 2.45) is 0 Å². The van der Waals surface area contributed by atoms with Crippen molar-refractivity contribution in [1.82, 2.24) is 10.2 Å². The molecule has 0 saturated heterocycles. The van der Waals surface area contributed by atoms with Crippen LogP contribution in [0, 0.1) is 0 Å². The second-order valence-electron chi connectivity index (χ2n) is 8.80. The first-order valence-electron chi connectivity index (χ1n) is 11.7. The Hall–Kier alpha value is -2.73. The summed E-state index contributed by atoms with van der Waals surface area (Å²) in [6.07, 6.45) is 5.13. The topological polar surface area (TPSA) is 67.9 Å². The molecule has 2 amide bonds. The van der Waals surface area contributed by atoms with E-state index in [1.165, 1.54) is 0 Å². The minimum atomic E-state index is -0.572. The fourth-order valence-corrected chi connectivity index (χ4v) is 4.66. The largest absolute Gasteiger partial charge is 0.486 e. The molecular formula is C26H31ClN2O4. The Balaban J connectivity index is 1.45. The molecule has 1 fully saturated rings. The van der Waals surface area contributed by atoms with Gasteiger partial charge >= 0.3 is 0 Å². The number of fused-ring (bicyclic) bond motifs is 1. The quantitative estimate of drug-likeness (QED) is 0.616. The average Bonchev–Trinajstić information content (AvgIpc) is 3.33. The zero-order chi connectivity index (χ0) is 23.2. The number of nitrogens with one attached hydrogen (secondary N) is 1. The molecule has 176 valence electrons. The molecule has 7 heteroatoms. The van der Waals surface area contributed by atoms with Gasteiger partial charge < -0.3 is 19.7 Å². The van der Waals surface area contributed by atoms with Gasteiger partial charge in [0.25, 0.3) is 0 Å². The van der Waals surface area contributed by atoms with Crippen LogP contribution in [-0.4, -0.2) is 42.0 Å². The third-order valence-corrected chi connectivity index (χ3v) is 6.58. The first kappa shape index (κ1) is 23.4. The van der Waals surface area contributed by atoms with Crippen molar-refractivity contribution >= 4 is 23.4 Å². The third kappa shape index (κ3) is 6.20. The molecule has 1 aliphatic heterocycles. The van der Waals surface area contributed by atoms with Crippen LogP contribution in [0.3, 0.4) is 0 Å². The maximum absolute atomic E-state index is 13.3. The van der Waals surface area contributed by atoms with Gasteiger partial charge in [-0.05, 0) is 61.6 Å². The maximum atomic E-state index is 13.3. The van der Waals surface area contributed by atoms with Crippen LogP contribution in [0.25, 0.3) is 0 Å². The molecule has 2 aliphatic rings. The number of carbonyl (C=O) groups is 2. The number of hydrogen-bond acceptors (Lipinski definition) is 4. The van der Waals surface area contributed by atoms with E-state index < -0.39 is 6.04 Å². The summed E-state index contributed by atoms with van der Waals surface area (Å²) in [5, 5.41) is 3.74. The first-order valence-corrected chi connectivity index (χ1v) is 12.1. The normalized spacial score (nSPS) is 16.3. The van der Waals surface area contributed by atoms with Crippen LogP contribution >= 0.6 is 11.6 Å². The van der Waals surface area contributed by atoms with E-state index in [0.717, 1.165) is 42.6 Å². The van der Waals surface area contributed by atoms with Gasteiger partial charge in [-0.1, -0.05) is 42.6 Å². The zero-order valence-corrected chi connectivity index (χ0v) is 19.8. The molecule has 0 radical (unpaired) electrons. The van der Waals surface area contributed by atoms with Gasteiger partial charge in [0.1, 0.15) is 19.3 Å². The molecule has 6 nitrogen and oxygen atoms in total. The van der Waals surface area contributed by atoms with Crippen LogP contribution in [0.5, 0.6) is 11.5 Å². The van der Waals surface area contributed by atoms with Crippen molar-refractivity contribution in [1.29, 1.82) is 0 Å². The number of hydrogen-bond donors (Lipinski definition) is 1. The summed E-state index contributed by atoms with van der Waals surface area (Å²) >= 11 is 6.16. The number of benzene rings is 2.